The van der Waals surface area contributed by atoms with Crippen LogP contribution in [0.5, 0.6) is 0 Å². The fourth-order valence-electron chi connectivity index (χ4n) is 3.65. The number of H-pyrrole nitrogens is 1. The predicted octanol–water partition coefficient (Wildman–Crippen LogP) is 4.80. The van der Waals surface area contributed by atoms with Gasteiger partial charge in [-0.1, -0.05) is 28.1 Å². The predicted molar refractivity (Wildman–Crippen MR) is 102 cm³/mol. The molecule has 0 radical (unpaired) electrons. The van der Waals surface area contributed by atoms with Crippen LogP contribution in [0.1, 0.15) is 46.1 Å². The number of aromatic amines is 1. The second kappa shape index (κ2) is 6.65. The summed E-state index contributed by atoms with van der Waals surface area (Å²) < 4.78 is 1.11. The summed E-state index contributed by atoms with van der Waals surface area (Å²) in [6, 6.07) is 13.8. The Morgan fingerprint density at radius 2 is 2.04 bits per heavy atom. The molecule has 4 rings (SSSR count). The minimum absolute atomic E-state index is 0.300. The van der Waals surface area contributed by atoms with Crippen LogP contribution in [-0.2, 0) is 13.0 Å². The van der Waals surface area contributed by atoms with Gasteiger partial charge in [-0.3, -0.25) is 0 Å². The zero-order valence-corrected chi connectivity index (χ0v) is 15.3. The van der Waals surface area contributed by atoms with Gasteiger partial charge in [0.2, 0.25) is 0 Å². The third-order valence-corrected chi connectivity index (χ3v) is 5.42. The highest BCUT2D eigenvalue weighted by Gasteiger charge is 2.23. The molecule has 0 amide bonds. The standard InChI is InChI=1S/C20H19BrN2O2/c21-14-8-9-17-16(10-14)15-2-1-3-18(19(15)23-17)22-11-12-4-6-13(7-5-12)20(24)25/h4-10,18,22-23H,1-3,11H2,(H,24,25)/t18-/m1/s1. The van der Waals surface area contributed by atoms with E-state index in [4.69, 9.17) is 5.11 Å². The van der Waals surface area contributed by atoms with Gasteiger partial charge in [-0.25, -0.2) is 4.79 Å². The van der Waals surface area contributed by atoms with E-state index in [-0.39, 0.29) is 0 Å². The molecule has 128 valence electrons. The van der Waals surface area contributed by atoms with E-state index in [0.717, 1.165) is 29.4 Å². The summed E-state index contributed by atoms with van der Waals surface area (Å²) in [7, 11) is 0. The molecule has 3 aromatic rings. The van der Waals surface area contributed by atoms with Gasteiger partial charge in [-0.05, 0) is 60.7 Å². The number of aryl methyl sites for hydroxylation is 1. The number of aromatic carboxylic acids is 1. The maximum Gasteiger partial charge on any atom is 0.335 e. The van der Waals surface area contributed by atoms with Gasteiger partial charge in [0.1, 0.15) is 0 Å². The molecule has 4 nitrogen and oxygen atoms in total. The molecule has 0 spiro atoms. The van der Waals surface area contributed by atoms with Gasteiger partial charge in [-0.2, -0.15) is 0 Å². The lowest BCUT2D eigenvalue weighted by molar-refractivity contribution is 0.0697. The molecule has 2 aromatic carbocycles. The Hall–Kier alpha value is -2.11. The summed E-state index contributed by atoms with van der Waals surface area (Å²) >= 11 is 3.57. The smallest absolute Gasteiger partial charge is 0.335 e. The van der Waals surface area contributed by atoms with Gasteiger partial charge in [0, 0.05) is 33.7 Å². The number of nitrogens with one attached hydrogen (secondary N) is 2. The minimum atomic E-state index is -0.888. The largest absolute Gasteiger partial charge is 0.478 e. The summed E-state index contributed by atoms with van der Waals surface area (Å²) in [6.07, 6.45) is 3.38. The number of benzene rings is 2. The molecule has 1 aromatic heterocycles. The van der Waals surface area contributed by atoms with Crippen molar-refractivity contribution in [3.05, 3.63) is 69.3 Å². The first-order valence-corrected chi connectivity index (χ1v) is 9.27. The number of fused-ring (bicyclic) bond motifs is 3. The number of carbonyl (C=O) groups is 1. The van der Waals surface area contributed by atoms with Gasteiger partial charge < -0.3 is 15.4 Å². The van der Waals surface area contributed by atoms with Crippen LogP contribution in [0.4, 0.5) is 0 Å². The third kappa shape index (κ3) is 3.22. The zero-order chi connectivity index (χ0) is 17.4. The number of halogens is 1. The molecule has 1 aliphatic carbocycles. The quantitative estimate of drug-likeness (QED) is 0.591. The summed E-state index contributed by atoms with van der Waals surface area (Å²) in [5.41, 5.74) is 5.32. The summed E-state index contributed by atoms with van der Waals surface area (Å²) in [6.45, 7) is 0.725. The average Bonchev–Trinajstić information content (AvgIpc) is 2.99. The molecule has 0 saturated carbocycles. The highest BCUT2D eigenvalue weighted by molar-refractivity contribution is 9.10. The number of carboxylic acid groups (broad SMARTS) is 1. The SMILES string of the molecule is O=C(O)c1ccc(CN[C@@H]2CCCc3c2[nH]c2ccc(Br)cc32)cc1. The molecule has 1 atom stereocenters. The average molecular weight is 399 g/mol. The van der Waals surface area contributed by atoms with Crippen molar-refractivity contribution in [2.75, 3.05) is 0 Å². The van der Waals surface area contributed by atoms with Crippen molar-refractivity contribution in [1.29, 1.82) is 0 Å². The monoisotopic (exact) mass is 398 g/mol. The van der Waals surface area contributed by atoms with Crippen molar-refractivity contribution in [2.24, 2.45) is 0 Å². The van der Waals surface area contributed by atoms with Gasteiger partial charge in [0.25, 0.3) is 0 Å². The van der Waals surface area contributed by atoms with Crippen LogP contribution in [-0.4, -0.2) is 16.1 Å². The van der Waals surface area contributed by atoms with Gasteiger partial charge >= 0.3 is 5.97 Å². The highest BCUT2D eigenvalue weighted by atomic mass is 79.9. The normalized spacial score (nSPS) is 16.8. The molecular weight excluding hydrogens is 380 g/mol. The summed E-state index contributed by atoms with van der Waals surface area (Å²) in [5.74, 6) is -0.888. The topological polar surface area (TPSA) is 65.1 Å². The molecule has 0 unspecified atom stereocenters. The van der Waals surface area contributed by atoms with Gasteiger partial charge in [0.15, 0.2) is 0 Å². The Morgan fingerprint density at radius 3 is 2.80 bits per heavy atom. The van der Waals surface area contributed by atoms with Gasteiger partial charge in [0.05, 0.1) is 5.56 Å². The molecule has 5 heteroatoms. The Morgan fingerprint density at radius 1 is 1.24 bits per heavy atom. The van der Waals surface area contributed by atoms with Crippen molar-refractivity contribution in [3.63, 3.8) is 0 Å². The Bertz CT molecular complexity index is 931. The Balaban J connectivity index is 1.55. The van der Waals surface area contributed by atoms with Crippen LogP contribution in [0, 0.1) is 0 Å². The molecule has 0 bridgehead atoms. The van der Waals surface area contributed by atoms with E-state index in [0.29, 0.717) is 11.6 Å². The van der Waals surface area contributed by atoms with E-state index in [1.165, 1.54) is 28.6 Å². The molecule has 0 aliphatic heterocycles. The molecule has 3 N–H and O–H groups in total. The first-order valence-electron chi connectivity index (χ1n) is 8.47. The number of hydrogen-bond donors (Lipinski definition) is 3. The van der Waals surface area contributed by atoms with Crippen molar-refractivity contribution >= 4 is 32.8 Å². The van der Waals surface area contributed by atoms with E-state index in [9.17, 15) is 4.79 Å². The fraction of sp³-hybridized carbons (Fsp3) is 0.250. The lowest BCUT2D eigenvalue weighted by Crippen LogP contribution is -2.24. The van der Waals surface area contributed by atoms with Crippen molar-refractivity contribution in [2.45, 2.75) is 31.8 Å². The van der Waals surface area contributed by atoms with Crippen LogP contribution in [0.2, 0.25) is 0 Å². The lowest BCUT2D eigenvalue weighted by atomic mass is 9.91. The Kier molecular flexibility index (Phi) is 4.36. The van der Waals surface area contributed by atoms with Crippen molar-refractivity contribution < 1.29 is 9.90 Å². The molecule has 25 heavy (non-hydrogen) atoms. The van der Waals surface area contributed by atoms with Crippen LogP contribution in [0.15, 0.2) is 46.9 Å². The number of hydrogen-bond acceptors (Lipinski definition) is 2. The van der Waals surface area contributed by atoms with Crippen LogP contribution in [0.25, 0.3) is 10.9 Å². The van der Waals surface area contributed by atoms with E-state index in [1.54, 1.807) is 12.1 Å². The fourth-order valence-corrected chi connectivity index (χ4v) is 4.01. The second-order valence-corrected chi connectivity index (χ2v) is 7.45. The summed E-state index contributed by atoms with van der Waals surface area (Å²) in [4.78, 5) is 14.5. The minimum Gasteiger partial charge on any atom is -0.478 e. The van der Waals surface area contributed by atoms with Crippen molar-refractivity contribution in [3.8, 4) is 0 Å². The summed E-state index contributed by atoms with van der Waals surface area (Å²) in [5, 5.41) is 13.9. The van der Waals surface area contributed by atoms with E-state index >= 15 is 0 Å². The first-order chi connectivity index (χ1) is 12.1. The number of rotatable bonds is 4. The molecule has 0 saturated heterocycles. The maximum atomic E-state index is 10.9. The lowest BCUT2D eigenvalue weighted by Gasteiger charge is -2.24. The Labute approximate surface area is 154 Å². The second-order valence-electron chi connectivity index (χ2n) is 6.53. The highest BCUT2D eigenvalue weighted by Crippen LogP contribution is 2.35. The molecule has 1 aliphatic rings. The maximum absolute atomic E-state index is 10.9. The van der Waals surface area contributed by atoms with E-state index < -0.39 is 5.97 Å². The first kappa shape index (κ1) is 16.4. The van der Waals surface area contributed by atoms with E-state index in [2.05, 4.69) is 44.4 Å². The number of aromatic nitrogens is 1. The molecule has 1 heterocycles. The van der Waals surface area contributed by atoms with Crippen LogP contribution in [0.3, 0.4) is 0 Å². The number of carboxylic acids is 1. The van der Waals surface area contributed by atoms with Crippen LogP contribution < -0.4 is 5.32 Å². The van der Waals surface area contributed by atoms with Crippen LogP contribution >= 0.6 is 15.9 Å². The third-order valence-electron chi connectivity index (χ3n) is 4.92. The zero-order valence-electron chi connectivity index (χ0n) is 13.7. The molecule has 0 fully saturated rings. The van der Waals surface area contributed by atoms with Gasteiger partial charge in [-0.15, -0.1) is 0 Å². The molecular formula is C20H19BrN2O2. The van der Waals surface area contributed by atoms with E-state index in [1.807, 2.05) is 12.1 Å². The van der Waals surface area contributed by atoms with Crippen molar-refractivity contribution in [1.82, 2.24) is 10.3 Å².